The molecule has 1 amide bonds. The third-order valence-corrected chi connectivity index (χ3v) is 7.34. The third-order valence-electron chi connectivity index (χ3n) is 7.34. The second-order valence-corrected chi connectivity index (χ2v) is 11.6. The number of carbonyl (C=O) groups excluding carboxylic acids is 1. The molecule has 8 N–H and O–H groups in total. The zero-order valence-electron chi connectivity index (χ0n) is 24.3. The Morgan fingerprint density at radius 3 is 2.41 bits per heavy atom. The summed E-state index contributed by atoms with van der Waals surface area (Å²) in [6, 6.07) is -1.05. The summed E-state index contributed by atoms with van der Waals surface area (Å²) in [5.41, 5.74) is 5.94. The van der Waals surface area contributed by atoms with Gasteiger partial charge in [-0.3, -0.25) is 4.79 Å². The van der Waals surface area contributed by atoms with Crippen molar-refractivity contribution in [1.82, 2.24) is 5.32 Å². The summed E-state index contributed by atoms with van der Waals surface area (Å²) in [7, 11) is 0. The van der Waals surface area contributed by atoms with Crippen molar-refractivity contribution in [2.75, 3.05) is 13.2 Å². The lowest BCUT2D eigenvalue weighted by Crippen LogP contribution is -2.62. The molecule has 0 aliphatic carbocycles. The predicted molar refractivity (Wildman–Crippen MR) is 142 cm³/mol. The highest BCUT2D eigenvalue weighted by molar-refractivity contribution is 5.80. The minimum atomic E-state index is -3.01. The van der Waals surface area contributed by atoms with Crippen LogP contribution in [0.3, 0.4) is 0 Å². The molecule has 41 heavy (non-hydrogen) atoms. The first kappa shape index (κ1) is 35.9. The number of hydrogen-bond acceptors (Lipinski definition) is 11. The van der Waals surface area contributed by atoms with Crippen LogP contribution in [0.4, 0.5) is 8.78 Å². The van der Waals surface area contributed by atoms with E-state index in [1.807, 2.05) is 19.9 Å². The zero-order valence-corrected chi connectivity index (χ0v) is 24.3. The molecule has 2 aliphatic rings. The lowest BCUT2D eigenvalue weighted by Gasteiger charge is -2.46. The van der Waals surface area contributed by atoms with E-state index in [-0.39, 0.29) is 37.6 Å². The van der Waals surface area contributed by atoms with Gasteiger partial charge in [-0.25, -0.2) is 0 Å². The van der Waals surface area contributed by atoms with Gasteiger partial charge in [0.25, 0.3) is 0 Å². The van der Waals surface area contributed by atoms with Gasteiger partial charge in [0, 0.05) is 25.8 Å². The molecule has 0 bridgehead atoms. The first-order valence-corrected chi connectivity index (χ1v) is 14.1. The van der Waals surface area contributed by atoms with Gasteiger partial charge in [0.2, 0.25) is 5.91 Å². The van der Waals surface area contributed by atoms with E-state index < -0.39 is 85.9 Å². The Morgan fingerprint density at radius 1 is 1.17 bits per heavy atom. The summed E-state index contributed by atoms with van der Waals surface area (Å²) >= 11 is 0. The Balaban J connectivity index is 2.33. The molecule has 0 spiro atoms. The number of nitrogens with one attached hydrogen (secondary N) is 1. The van der Waals surface area contributed by atoms with Crippen LogP contribution in [0.2, 0.25) is 0 Å². The number of alkyl halides is 2. The maximum atomic E-state index is 13.1. The molecule has 0 saturated carbocycles. The number of aliphatic hydroxyl groups excluding tert-OH is 4. The molecule has 0 aromatic heterocycles. The van der Waals surface area contributed by atoms with Crippen molar-refractivity contribution < 1.29 is 58.1 Å². The largest absolute Gasteiger partial charge is 0.393 e. The number of rotatable bonds is 14. The van der Waals surface area contributed by atoms with Gasteiger partial charge in [0.15, 0.2) is 12.1 Å². The zero-order chi connectivity index (χ0) is 31.1. The van der Waals surface area contributed by atoms with E-state index >= 15 is 0 Å². The van der Waals surface area contributed by atoms with Gasteiger partial charge in [0.1, 0.15) is 6.10 Å². The Morgan fingerprint density at radius 2 is 1.83 bits per heavy atom. The predicted octanol–water partition coefficient (Wildman–Crippen LogP) is -0.0152. The van der Waals surface area contributed by atoms with E-state index in [1.165, 1.54) is 0 Å². The highest BCUT2D eigenvalue weighted by Gasteiger charge is 2.50. The fourth-order valence-electron chi connectivity index (χ4n) is 4.89. The van der Waals surface area contributed by atoms with Gasteiger partial charge in [0.05, 0.1) is 55.2 Å². The smallest absolute Gasteiger partial charge is 0.345 e. The number of carbonyl (C=O) groups is 1. The van der Waals surface area contributed by atoms with Crippen LogP contribution in [0.1, 0.15) is 53.9 Å². The Bertz CT molecular complexity index is 838. The number of nitrogens with two attached hydrogens (primary N) is 1. The quantitative estimate of drug-likeness (QED) is 0.105. The summed E-state index contributed by atoms with van der Waals surface area (Å²) in [5.74, 6) is -4.11. The Labute approximate surface area is 239 Å². The van der Waals surface area contributed by atoms with E-state index in [0.717, 1.165) is 0 Å². The van der Waals surface area contributed by atoms with Crippen LogP contribution in [0.5, 0.6) is 0 Å². The van der Waals surface area contributed by atoms with Crippen LogP contribution in [0.15, 0.2) is 12.2 Å². The average Bonchev–Trinajstić information content (AvgIpc) is 2.86. The monoisotopic (exact) mass is 598 g/mol. The standard InChI is InChI=1S/C27H48F2N2O10/c1-13(2)6-7-16(40-25-23(35)21(30)22(34)15(5)39-25)10-19-20(24(36)31-8-9-38-26(28)29)18(33)12-27(37,41-19)11-17(32)14(3)4/h6-7,13-23,25-26,32-35,37H,8-12,30H2,1-5H3,(H,31,36)/b7-6+/t15?,16-,17+,18-,19-,20+,21?,22?,23?,25?,27+/m0/s1. The number of halogens is 2. The van der Waals surface area contributed by atoms with Gasteiger partial charge in [-0.1, -0.05) is 39.8 Å². The first-order valence-electron chi connectivity index (χ1n) is 14.1. The van der Waals surface area contributed by atoms with Crippen molar-refractivity contribution in [3.8, 4) is 0 Å². The van der Waals surface area contributed by atoms with Crippen LogP contribution in [0, 0.1) is 17.8 Å². The SMILES string of the molecule is CC(C)/C=C/[C@@H](C[C@@H]1O[C@](O)(C[C@@H](O)C(C)C)C[C@H](O)[C@H]1C(=O)NCCOC(F)F)OC1OC(C)C(O)C(N)C1O. The van der Waals surface area contributed by atoms with E-state index in [1.54, 1.807) is 26.8 Å². The van der Waals surface area contributed by atoms with E-state index in [4.69, 9.17) is 19.9 Å². The van der Waals surface area contributed by atoms with Crippen molar-refractivity contribution in [3.05, 3.63) is 12.2 Å². The molecule has 0 radical (unpaired) electrons. The highest BCUT2D eigenvalue weighted by atomic mass is 19.3. The fraction of sp³-hybridized carbons (Fsp3) is 0.889. The van der Waals surface area contributed by atoms with Crippen molar-refractivity contribution in [1.29, 1.82) is 0 Å². The number of aliphatic hydroxyl groups is 5. The topological polar surface area (TPSA) is 193 Å². The maximum absolute atomic E-state index is 13.1. The molecule has 240 valence electrons. The Kier molecular flexibility index (Phi) is 13.9. The van der Waals surface area contributed by atoms with Crippen LogP contribution >= 0.6 is 0 Å². The van der Waals surface area contributed by atoms with Crippen LogP contribution in [-0.2, 0) is 23.7 Å². The number of ether oxygens (including phenoxy) is 4. The number of allylic oxidation sites excluding steroid dienone is 1. The van der Waals surface area contributed by atoms with Crippen LogP contribution in [-0.4, -0.2) is 112 Å². The average molecular weight is 599 g/mol. The molecule has 12 nitrogen and oxygen atoms in total. The lowest BCUT2D eigenvalue weighted by molar-refractivity contribution is -0.307. The van der Waals surface area contributed by atoms with E-state index in [9.17, 15) is 39.1 Å². The van der Waals surface area contributed by atoms with Crippen LogP contribution < -0.4 is 11.1 Å². The lowest BCUT2D eigenvalue weighted by atomic mass is 9.81. The summed E-state index contributed by atoms with van der Waals surface area (Å²) in [5, 5.41) is 55.9. The maximum Gasteiger partial charge on any atom is 0.345 e. The molecule has 0 aromatic carbocycles. The molecule has 0 aromatic rings. The van der Waals surface area contributed by atoms with Gasteiger partial charge in [-0.15, -0.1) is 0 Å². The molecular weight excluding hydrogens is 550 g/mol. The molecule has 2 rings (SSSR count). The Hall–Kier alpha value is -1.33. The molecule has 14 heteroatoms. The van der Waals surface area contributed by atoms with Crippen LogP contribution in [0.25, 0.3) is 0 Å². The number of hydrogen-bond donors (Lipinski definition) is 7. The van der Waals surface area contributed by atoms with E-state index in [2.05, 4.69) is 10.1 Å². The second-order valence-electron chi connectivity index (χ2n) is 11.6. The minimum Gasteiger partial charge on any atom is -0.393 e. The summed E-state index contributed by atoms with van der Waals surface area (Å²) in [6.07, 6.45) is -6.27. The van der Waals surface area contributed by atoms with Gasteiger partial charge < -0.3 is 55.5 Å². The molecule has 2 fully saturated rings. The minimum absolute atomic E-state index is 0.0752. The van der Waals surface area contributed by atoms with Crippen molar-refractivity contribution in [3.63, 3.8) is 0 Å². The molecule has 2 heterocycles. The second kappa shape index (κ2) is 15.9. The van der Waals surface area contributed by atoms with Gasteiger partial charge >= 0.3 is 6.61 Å². The normalized spacial score (nSPS) is 36.3. The fourth-order valence-corrected chi connectivity index (χ4v) is 4.89. The summed E-state index contributed by atoms with van der Waals surface area (Å²) < 4.78 is 46.5. The van der Waals surface area contributed by atoms with Gasteiger partial charge in [-0.05, 0) is 18.8 Å². The molecular formula is C27H48F2N2O10. The van der Waals surface area contributed by atoms with Crippen molar-refractivity contribution in [2.24, 2.45) is 23.5 Å². The van der Waals surface area contributed by atoms with E-state index in [0.29, 0.717) is 0 Å². The first-order chi connectivity index (χ1) is 19.0. The molecule has 2 aliphatic heterocycles. The summed E-state index contributed by atoms with van der Waals surface area (Å²) in [6.45, 7) is 5.17. The van der Waals surface area contributed by atoms with Gasteiger partial charge in [-0.2, -0.15) is 8.78 Å². The summed E-state index contributed by atoms with van der Waals surface area (Å²) in [4.78, 5) is 13.1. The third kappa shape index (κ3) is 10.7. The highest BCUT2D eigenvalue weighted by Crippen LogP contribution is 2.38. The van der Waals surface area contributed by atoms with Crippen molar-refractivity contribution >= 4 is 5.91 Å². The molecule has 2 saturated heterocycles. The molecule has 5 unspecified atom stereocenters. The number of amides is 1. The van der Waals surface area contributed by atoms with Crippen molar-refractivity contribution in [2.45, 2.75) is 121 Å². The molecule has 11 atom stereocenters.